The second-order valence-electron chi connectivity index (χ2n) is 5.43. The van der Waals surface area contributed by atoms with Gasteiger partial charge in [-0.2, -0.15) is 0 Å². The molecule has 1 aliphatic heterocycles. The van der Waals surface area contributed by atoms with Crippen LogP contribution in [0.25, 0.3) is 17.1 Å². The van der Waals surface area contributed by atoms with Crippen LogP contribution in [0.15, 0.2) is 29.1 Å². The van der Waals surface area contributed by atoms with Gasteiger partial charge in [0.25, 0.3) is 5.91 Å². The van der Waals surface area contributed by atoms with E-state index in [1.165, 1.54) is 0 Å². The fourth-order valence-corrected chi connectivity index (χ4v) is 2.75. The highest BCUT2D eigenvalue weighted by Crippen LogP contribution is 2.35. The molecule has 0 radical (unpaired) electrons. The zero-order valence-corrected chi connectivity index (χ0v) is 12.2. The van der Waals surface area contributed by atoms with E-state index < -0.39 is 0 Å². The average Bonchev–Trinajstić information content (AvgIpc) is 3.19. The number of carbonyl (C=O) groups is 1. The summed E-state index contributed by atoms with van der Waals surface area (Å²) in [5.41, 5.74) is 2.09. The van der Waals surface area contributed by atoms with Crippen LogP contribution >= 0.6 is 11.6 Å². The first kappa shape index (κ1) is 12.6. The van der Waals surface area contributed by atoms with E-state index in [2.05, 4.69) is 15.0 Å². The third-order valence-electron chi connectivity index (χ3n) is 3.87. The number of hydrogen-bond acceptors (Lipinski definition) is 3. The van der Waals surface area contributed by atoms with E-state index in [9.17, 15) is 4.79 Å². The first-order valence-electron chi connectivity index (χ1n) is 6.84. The van der Waals surface area contributed by atoms with Gasteiger partial charge in [0.1, 0.15) is 17.2 Å². The van der Waals surface area contributed by atoms with Crippen molar-refractivity contribution in [2.75, 3.05) is 7.05 Å². The van der Waals surface area contributed by atoms with E-state index >= 15 is 0 Å². The summed E-state index contributed by atoms with van der Waals surface area (Å²) < 4.78 is 0. The molecule has 0 unspecified atom stereocenters. The maximum atomic E-state index is 12.3. The predicted molar refractivity (Wildman–Crippen MR) is 82.0 cm³/mol. The fourth-order valence-electron chi connectivity index (χ4n) is 2.59. The van der Waals surface area contributed by atoms with Gasteiger partial charge in [-0.05, 0) is 25.0 Å². The lowest BCUT2D eigenvalue weighted by atomic mass is 10.2. The summed E-state index contributed by atoms with van der Waals surface area (Å²) in [6.07, 6.45) is 7.45. The zero-order valence-electron chi connectivity index (χ0n) is 11.4. The van der Waals surface area contributed by atoms with Crippen molar-refractivity contribution in [1.82, 2.24) is 14.9 Å². The van der Waals surface area contributed by atoms with Crippen molar-refractivity contribution in [2.24, 2.45) is 10.9 Å². The Kier molecular flexibility index (Phi) is 2.65. The first-order valence-corrected chi connectivity index (χ1v) is 7.22. The Bertz CT molecular complexity index is 816. The number of amides is 1. The molecule has 1 N–H and O–H groups in total. The molecule has 5 nitrogen and oxygen atoms in total. The van der Waals surface area contributed by atoms with Crippen LogP contribution in [0.4, 0.5) is 0 Å². The van der Waals surface area contributed by atoms with Crippen LogP contribution < -0.4 is 0 Å². The summed E-state index contributed by atoms with van der Waals surface area (Å²) in [5.74, 6) is 1.28. The van der Waals surface area contributed by atoms with E-state index in [1.54, 1.807) is 24.2 Å². The van der Waals surface area contributed by atoms with Crippen LogP contribution in [-0.2, 0) is 4.79 Å². The molecule has 1 amide bonds. The fraction of sp³-hybridized carbons (Fsp3) is 0.267. The van der Waals surface area contributed by atoms with Gasteiger partial charge in [-0.15, -0.1) is 0 Å². The number of fused-ring (bicyclic) bond motifs is 1. The lowest BCUT2D eigenvalue weighted by molar-refractivity contribution is -0.121. The van der Waals surface area contributed by atoms with Crippen LogP contribution in [0.1, 0.15) is 18.4 Å². The third kappa shape index (κ3) is 2.05. The molecular formula is C15H13ClN4O. The van der Waals surface area contributed by atoms with E-state index in [-0.39, 0.29) is 5.91 Å². The van der Waals surface area contributed by atoms with E-state index in [0.29, 0.717) is 16.6 Å². The minimum absolute atomic E-state index is 0.0544. The molecule has 1 saturated carbocycles. The Morgan fingerprint density at radius 1 is 1.48 bits per heavy atom. The quantitative estimate of drug-likeness (QED) is 0.867. The molecule has 3 heterocycles. The highest BCUT2D eigenvalue weighted by atomic mass is 35.5. The Morgan fingerprint density at radius 3 is 3.05 bits per heavy atom. The molecule has 0 bridgehead atoms. The van der Waals surface area contributed by atoms with Gasteiger partial charge >= 0.3 is 0 Å². The standard InChI is InChI=1S/C15H13ClN4O/c1-20-14(8-2-3-8)19-12(15(20)21)4-9-6-17-13-11(9)5-10(16)7-18-13/h4-8H,2-3H2,1H3,(H,17,18)/b12-4-. The van der Waals surface area contributed by atoms with Crippen molar-refractivity contribution in [3.8, 4) is 0 Å². The van der Waals surface area contributed by atoms with Gasteiger partial charge in [0.15, 0.2) is 0 Å². The number of rotatable bonds is 2. The first-order chi connectivity index (χ1) is 10.1. The number of nitrogens with zero attached hydrogens (tertiary/aromatic N) is 3. The summed E-state index contributed by atoms with van der Waals surface area (Å²) in [7, 11) is 1.79. The number of pyridine rings is 1. The lowest BCUT2D eigenvalue weighted by Gasteiger charge is -2.09. The molecule has 0 saturated heterocycles. The van der Waals surface area contributed by atoms with Crippen molar-refractivity contribution < 1.29 is 4.79 Å². The van der Waals surface area contributed by atoms with E-state index in [4.69, 9.17) is 11.6 Å². The topological polar surface area (TPSA) is 61.4 Å². The van der Waals surface area contributed by atoms with Crippen LogP contribution in [0, 0.1) is 5.92 Å². The molecule has 0 atom stereocenters. The van der Waals surface area contributed by atoms with Crippen LogP contribution in [0.2, 0.25) is 5.02 Å². The van der Waals surface area contributed by atoms with E-state index in [0.717, 1.165) is 35.3 Å². The van der Waals surface area contributed by atoms with Gasteiger partial charge in [0.2, 0.25) is 0 Å². The number of aliphatic imine (C=N–C) groups is 1. The normalized spacial score (nSPS) is 20.7. The Hall–Kier alpha value is -2.14. The van der Waals surface area contributed by atoms with Gasteiger partial charge in [-0.1, -0.05) is 11.6 Å². The van der Waals surface area contributed by atoms with Crippen molar-refractivity contribution in [3.63, 3.8) is 0 Å². The smallest absolute Gasteiger partial charge is 0.277 e. The van der Waals surface area contributed by atoms with E-state index in [1.807, 2.05) is 12.3 Å². The average molecular weight is 301 g/mol. The predicted octanol–water partition coefficient (Wildman–Crippen LogP) is 2.84. The summed E-state index contributed by atoms with van der Waals surface area (Å²) >= 11 is 5.99. The molecule has 1 aliphatic carbocycles. The maximum absolute atomic E-state index is 12.3. The number of amidine groups is 1. The Morgan fingerprint density at radius 2 is 2.29 bits per heavy atom. The number of halogens is 1. The van der Waals surface area contributed by atoms with Gasteiger partial charge in [0.05, 0.1) is 5.02 Å². The van der Waals surface area contributed by atoms with Crippen molar-refractivity contribution in [3.05, 3.63) is 34.7 Å². The van der Waals surface area contributed by atoms with Gasteiger partial charge < -0.3 is 4.98 Å². The van der Waals surface area contributed by atoms with Crippen molar-refractivity contribution in [2.45, 2.75) is 12.8 Å². The third-order valence-corrected chi connectivity index (χ3v) is 4.07. The molecule has 1 fully saturated rings. The minimum Gasteiger partial charge on any atom is -0.346 e. The minimum atomic E-state index is -0.0544. The molecule has 6 heteroatoms. The summed E-state index contributed by atoms with van der Waals surface area (Å²) in [6, 6.07) is 1.83. The number of H-pyrrole nitrogens is 1. The molecule has 2 aromatic heterocycles. The van der Waals surface area contributed by atoms with Gasteiger partial charge in [-0.3, -0.25) is 9.69 Å². The lowest BCUT2D eigenvalue weighted by Crippen LogP contribution is -2.28. The zero-order chi connectivity index (χ0) is 14.6. The molecule has 2 aromatic rings. The molecule has 21 heavy (non-hydrogen) atoms. The number of hydrogen-bond donors (Lipinski definition) is 1. The number of likely N-dealkylation sites (N-methyl/N-ethyl adjacent to an activating group) is 1. The van der Waals surface area contributed by atoms with Crippen molar-refractivity contribution >= 4 is 40.5 Å². The SMILES string of the molecule is CN1C(=O)/C(=C/c2c[nH]c3ncc(Cl)cc23)N=C1C1CC1. The molecule has 2 aliphatic rings. The number of aromatic nitrogens is 2. The highest BCUT2D eigenvalue weighted by Gasteiger charge is 2.37. The van der Waals surface area contributed by atoms with Crippen molar-refractivity contribution in [1.29, 1.82) is 0 Å². The molecule has 0 aromatic carbocycles. The maximum Gasteiger partial charge on any atom is 0.277 e. The summed E-state index contributed by atoms with van der Waals surface area (Å²) in [5, 5.41) is 1.46. The highest BCUT2D eigenvalue weighted by molar-refractivity contribution is 6.31. The Labute approximate surface area is 126 Å². The monoisotopic (exact) mass is 300 g/mol. The van der Waals surface area contributed by atoms with Gasteiger partial charge in [-0.25, -0.2) is 9.98 Å². The van der Waals surface area contributed by atoms with Crippen LogP contribution in [0.3, 0.4) is 0 Å². The number of carbonyl (C=O) groups excluding carboxylic acids is 1. The molecular weight excluding hydrogens is 288 g/mol. The second-order valence-corrected chi connectivity index (χ2v) is 5.87. The number of nitrogens with one attached hydrogen (secondary N) is 1. The van der Waals surface area contributed by atoms with Crippen LogP contribution in [-0.4, -0.2) is 33.7 Å². The number of aromatic amines is 1. The molecule has 4 rings (SSSR count). The summed E-state index contributed by atoms with van der Waals surface area (Å²) in [4.78, 5) is 25.7. The Balaban J connectivity index is 1.79. The van der Waals surface area contributed by atoms with Crippen LogP contribution in [0.5, 0.6) is 0 Å². The summed E-state index contributed by atoms with van der Waals surface area (Å²) in [6.45, 7) is 0. The second kappa shape index (κ2) is 4.43. The largest absolute Gasteiger partial charge is 0.346 e. The van der Waals surface area contributed by atoms with Gasteiger partial charge in [0, 0.05) is 36.3 Å². The molecule has 0 spiro atoms. The molecule has 106 valence electrons.